The number of nitrogens with zero attached hydrogens (tertiary/aromatic N) is 1. The number of hydrazine groups is 1. The lowest BCUT2D eigenvalue weighted by atomic mass is 9.91. The third kappa shape index (κ3) is 4.19. The van der Waals surface area contributed by atoms with Gasteiger partial charge in [-0.15, -0.1) is 0 Å². The molecule has 0 aliphatic carbocycles. The van der Waals surface area contributed by atoms with Crippen molar-refractivity contribution in [2.75, 3.05) is 5.01 Å². The van der Waals surface area contributed by atoms with Crippen molar-refractivity contribution < 1.29 is 0 Å². The van der Waals surface area contributed by atoms with Crippen molar-refractivity contribution in [2.24, 2.45) is 0 Å². The van der Waals surface area contributed by atoms with Gasteiger partial charge >= 0.3 is 0 Å². The SMILES string of the molecule is S=C1N[C@@](Cc2ccccc2)(c2ccc(-c3ccccc3)cc2)NN1c1ccc(Br)cc1. The van der Waals surface area contributed by atoms with E-state index in [-0.39, 0.29) is 0 Å². The molecule has 5 heteroatoms. The lowest BCUT2D eigenvalue weighted by Gasteiger charge is -2.31. The van der Waals surface area contributed by atoms with Gasteiger partial charge in [0.1, 0.15) is 5.66 Å². The maximum atomic E-state index is 5.76. The van der Waals surface area contributed by atoms with E-state index in [1.54, 1.807) is 0 Å². The monoisotopic (exact) mass is 499 g/mol. The highest BCUT2D eigenvalue weighted by atomic mass is 79.9. The van der Waals surface area contributed by atoms with Gasteiger partial charge in [-0.1, -0.05) is 101 Å². The maximum Gasteiger partial charge on any atom is 0.190 e. The number of nitrogens with one attached hydrogen (secondary N) is 2. The number of hydrogen-bond donors (Lipinski definition) is 2. The van der Waals surface area contributed by atoms with Crippen LogP contribution < -0.4 is 15.8 Å². The quantitative estimate of drug-likeness (QED) is 0.310. The predicted molar refractivity (Wildman–Crippen MR) is 139 cm³/mol. The van der Waals surface area contributed by atoms with Crippen LogP contribution in [0.15, 0.2) is 114 Å². The van der Waals surface area contributed by atoms with Gasteiger partial charge in [-0.3, -0.25) is 0 Å². The third-order valence-electron chi connectivity index (χ3n) is 5.71. The van der Waals surface area contributed by atoms with Gasteiger partial charge in [0.25, 0.3) is 0 Å². The van der Waals surface area contributed by atoms with E-state index in [1.807, 2.05) is 41.4 Å². The highest BCUT2D eigenvalue weighted by Gasteiger charge is 2.42. The van der Waals surface area contributed by atoms with Crippen LogP contribution in [0.25, 0.3) is 11.1 Å². The standard InChI is InChI=1S/C27H22BrN3S/c28-24-15-17-25(18-16-24)31-26(32)29-27(30-31,19-20-7-3-1-4-8-20)23-13-11-22(12-14-23)21-9-5-2-6-10-21/h1-18,30H,19H2,(H,29,32)/t27-/m1/s1. The molecule has 1 heterocycles. The fraction of sp³-hybridized carbons (Fsp3) is 0.0741. The van der Waals surface area contributed by atoms with Crippen LogP contribution >= 0.6 is 28.1 Å². The van der Waals surface area contributed by atoms with E-state index < -0.39 is 5.66 Å². The van der Waals surface area contributed by atoms with Crippen molar-refractivity contribution >= 4 is 38.9 Å². The first-order chi connectivity index (χ1) is 15.6. The number of hydrogen-bond acceptors (Lipinski definition) is 2. The van der Waals surface area contributed by atoms with Crippen LogP contribution in [0.5, 0.6) is 0 Å². The van der Waals surface area contributed by atoms with Crippen LogP contribution in [0.1, 0.15) is 11.1 Å². The maximum absolute atomic E-state index is 5.76. The van der Waals surface area contributed by atoms with E-state index in [9.17, 15) is 0 Å². The molecule has 0 spiro atoms. The molecule has 0 unspecified atom stereocenters. The number of thiocarbonyl (C=S) groups is 1. The second kappa shape index (κ2) is 8.87. The Morgan fingerprint density at radius 2 is 1.31 bits per heavy atom. The molecule has 2 N–H and O–H groups in total. The Bertz CT molecular complexity index is 1210. The largest absolute Gasteiger partial charge is 0.338 e. The molecule has 1 aliphatic heterocycles. The Kier molecular flexibility index (Phi) is 5.79. The molecular weight excluding hydrogens is 478 g/mol. The molecule has 1 aliphatic rings. The smallest absolute Gasteiger partial charge is 0.190 e. The summed E-state index contributed by atoms with van der Waals surface area (Å²) in [6, 6.07) is 37.7. The second-order valence-corrected chi connectivity index (χ2v) is 9.17. The van der Waals surface area contributed by atoms with Crippen LogP contribution in [0.4, 0.5) is 5.69 Å². The number of halogens is 1. The zero-order chi connectivity index (χ0) is 22.0. The van der Waals surface area contributed by atoms with Crippen LogP contribution in [0.3, 0.4) is 0 Å². The zero-order valence-electron chi connectivity index (χ0n) is 17.3. The molecule has 158 valence electrons. The Labute approximate surface area is 202 Å². The lowest BCUT2D eigenvalue weighted by molar-refractivity contribution is 0.347. The van der Waals surface area contributed by atoms with Gasteiger partial charge in [-0.25, -0.2) is 5.01 Å². The Balaban J connectivity index is 1.52. The number of benzene rings is 4. The molecule has 0 bridgehead atoms. The molecule has 1 atom stereocenters. The summed E-state index contributed by atoms with van der Waals surface area (Å²) in [4.78, 5) is 0. The minimum atomic E-state index is -0.555. The lowest BCUT2D eigenvalue weighted by Crippen LogP contribution is -2.50. The zero-order valence-corrected chi connectivity index (χ0v) is 19.7. The highest BCUT2D eigenvalue weighted by Crippen LogP contribution is 2.32. The average molecular weight is 500 g/mol. The predicted octanol–water partition coefficient (Wildman–Crippen LogP) is 6.41. The Morgan fingerprint density at radius 3 is 1.97 bits per heavy atom. The van der Waals surface area contributed by atoms with Crippen molar-refractivity contribution in [2.45, 2.75) is 12.1 Å². The molecule has 5 rings (SSSR count). The van der Waals surface area contributed by atoms with Crippen molar-refractivity contribution in [3.63, 3.8) is 0 Å². The van der Waals surface area contributed by atoms with Gasteiger partial charge in [-0.05, 0) is 58.7 Å². The highest BCUT2D eigenvalue weighted by molar-refractivity contribution is 9.10. The van der Waals surface area contributed by atoms with Crippen molar-refractivity contribution in [3.8, 4) is 11.1 Å². The second-order valence-electron chi connectivity index (χ2n) is 7.86. The summed E-state index contributed by atoms with van der Waals surface area (Å²) in [5.74, 6) is 0. The van der Waals surface area contributed by atoms with Crippen molar-refractivity contribution in [1.82, 2.24) is 10.7 Å². The van der Waals surface area contributed by atoms with Crippen molar-refractivity contribution in [1.29, 1.82) is 0 Å². The first-order valence-corrected chi connectivity index (χ1v) is 11.7. The normalized spacial score (nSPS) is 17.9. The molecule has 0 amide bonds. The average Bonchev–Trinajstić information content (AvgIpc) is 3.18. The van der Waals surface area contributed by atoms with Gasteiger partial charge in [-0.2, -0.15) is 5.43 Å². The molecule has 0 saturated carbocycles. The molecule has 4 aromatic carbocycles. The summed E-state index contributed by atoms with van der Waals surface area (Å²) in [7, 11) is 0. The van der Waals surface area contributed by atoms with Gasteiger partial charge in [0.15, 0.2) is 5.11 Å². The summed E-state index contributed by atoms with van der Waals surface area (Å²) in [5.41, 5.74) is 8.86. The van der Waals surface area contributed by atoms with E-state index >= 15 is 0 Å². The number of anilines is 1. The Morgan fingerprint density at radius 1 is 0.719 bits per heavy atom. The van der Waals surface area contributed by atoms with E-state index in [1.165, 1.54) is 16.7 Å². The first-order valence-electron chi connectivity index (χ1n) is 10.5. The summed E-state index contributed by atoms with van der Waals surface area (Å²) >= 11 is 9.27. The first kappa shape index (κ1) is 20.9. The summed E-state index contributed by atoms with van der Waals surface area (Å²) in [5, 5.41) is 6.19. The fourth-order valence-corrected chi connectivity index (χ4v) is 4.67. The molecule has 4 aromatic rings. The summed E-state index contributed by atoms with van der Waals surface area (Å²) < 4.78 is 1.03. The summed E-state index contributed by atoms with van der Waals surface area (Å²) in [6.07, 6.45) is 0.742. The molecule has 1 fully saturated rings. The van der Waals surface area contributed by atoms with Gasteiger partial charge in [0, 0.05) is 10.9 Å². The van der Waals surface area contributed by atoms with Crippen LogP contribution in [-0.4, -0.2) is 5.11 Å². The van der Waals surface area contributed by atoms with E-state index in [0.717, 1.165) is 22.1 Å². The topological polar surface area (TPSA) is 27.3 Å². The molecule has 32 heavy (non-hydrogen) atoms. The minimum Gasteiger partial charge on any atom is -0.338 e. The molecule has 1 saturated heterocycles. The van der Waals surface area contributed by atoms with Gasteiger partial charge in [0.05, 0.1) is 5.69 Å². The summed E-state index contributed by atoms with van der Waals surface area (Å²) in [6.45, 7) is 0. The van der Waals surface area contributed by atoms with E-state index in [4.69, 9.17) is 12.2 Å². The van der Waals surface area contributed by atoms with Crippen LogP contribution in [0, 0.1) is 0 Å². The Hall–Kier alpha value is -2.99. The number of rotatable bonds is 5. The van der Waals surface area contributed by atoms with Crippen LogP contribution in [-0.2, 0) is 12.1 Å². The van der Waals surface area contributed by atoms with Gasteiger partial charge in [0.2, 0.25) is 0 Å². The van der Waals surface area contributed by atoms with Gasteiger partial charge < -0.3 is 5.32 Å². The van der Waals surface area contributed by atoms with E-state index in [0.29, 0.717) is 5.11 Å². The molecular formula is C27H22BrN3S. The third-order valence-corrected chi connectivity index (χ3v) is 6.52. The fourth-order valence-electron chi connectivity index (χ4n) is 4.08. The molecule has 0 radical (unpaired) electrons. The minimum absolute atomic E-state index is 0.555. The van der Waals surface area contributed by atoms with E-state index in [2.05, 4.69) is 99.5 Å². The molecule has 0 aromatic heterocycles. The van der Waals surface area contributed by atoms with Crippen molar-refractivity contribution in [3.05, 3.63) is 125 Å². The van der Waals surface area contributed by atoms with Crippen LogP contribution in [0.2, 0.25) is 0 Å². The molecule has 3 nitrogen and oxygen atoms in total.